The molecule has 2 rings (SSSR count). The standard InChI is InChI=1S/C16H15Cl2NO2/c1-10(14-9-12(17)6-7-15(14)18)19-13-5-3-4-11(8-13)16(20)21-2/h3-10,19H,1-2H3. The molecule has 5 heteroatoms. The lowest BCUT2D eigenvalue weighted by Crippen LogP contribution is -2.08. The number of carbonyl (C=O) groups is 1. The van der Waals surface area contributed by atoms with Gasteiger partial charge >= 0.3 is 5.97 Å². The number of nitrogens with one attached hydrogen (secondary N) is 1. The van der Waals surface area contributed by atoms with Crippen LogP contribution in [0.1, 0.15) is 28.9 Å². The van der Waals surface area contributed by atoms with Crippen molar-refractivity contribution in [1.82, 2.24) is 0 Å². The number of benzene rings is 2. The van der Waals surface area contributed by atoms with Crippen LogP contribution in [-0.2, 0) is 4.74 Å². The molecule has 0 bridgehead atoms. The zero-order valence-corrected chi connectivity index (χ0v) is 13.2. The number of halogens is 2. The Labute approximate surface area is 133 Å². The maximum atomic E-state index is 11.5. The molecule has 0 aromatic heterocycles. The number of esters is 1. The first kappa shape index (κ1) is 15.7. The molecule has 0 amide bonds. The van der Waals surface area contributed by atoms with Crippen molar-refractivity contribution in [3.8, 4) is 0 Å². The maximum absolute atomic E-state index is 11.5. The molecule has 0 fully saturated rings. The van der Waals surface area contributed by atoms with Gasteiger partial charge in [0, 0.05) is 15.7 Å². The molecule has 0 aliphatic heterocycles. The molecule has 0 saturated carbocycles. The van der Waals surface area contributed by atoms with E-state index >= 15 is 0 Å². The highest BCUT2D eigenvalue weighted by Crippen LogP contribution is 2.28. The summed E-state index contributed by atoms with van der Waals surface area (Å²) in [4.78, 5) is 11.5. The largest absolute Gasteiger partial charge is 0.465 e. The van der Waals surface area contributed by atoms with Crippen LogP contribution in [0.15, 0.2) is 42.5 Å². The van der Waals surface area contributed by atoms with E-state index in [9.17, 15) is 4.79 Å². The van der Waals surface area contributed by atoms with Gasteiger partial charge in [-0.05, 0) is 48.9 Å². The van der Waals surface area contributed by atoms with E-state index in [4.69, 9.17) is 27.9 Å². The maximum Gasteiger partial charge on any atom is 0.337 e. The second-order valence-electron chi connectivity index (χ2n) is 4.60. The molecule has 1 atom stereocenters. The predicted molar refractivity (Wildman–Crippen MR) is 86.3 cm³/mol. The van der Waals surface area contributed by atoms with Gasteiger partial charge in [0.2, 0.25) is 0 Å². The van der Waals surface area contributed by atoms with Crippen LogP contribution in [0.2, 0.25) is 10.0 Å². The number of carbonyl (C=O) groups excluding carboxylic acids is 1. The first-order valence-electron chi connectivity index (χ1n) is 6.41. The summed E-state index contributed by atoms with van der Waals surface area (Å²) in [5.74, 6) is -0.368. The van der Waals surface area contributed by atoms with E-state index in [2.05, 4.69) is 5.32 Å². The van der Waals surface area contributed by atoms with Gasteiger partial charge in [0.15, 0.2) is 0 Å². The van der Waals surface area contributed by atoms with Gasteiger partial charge in [-0.1, -0.05) is 29.3 Å². The average Bonchev–Trinajstić information content (AvgIpc) is 2.49. The Bertz CT molecular complexity index is 658. The van der Waals surface area contributed by atoms with Crippen molar-refractivity contribution in [3.05, 3.63) is 63.6 Å². The molecule has 0 saturated heterocycles. The van der Waals surface area contributed by atoms with Crippen molar-refractivity contribution in [3.63, 3.8) is 0 Å². The third kappa shape index (κ3) is 3.90. The zero-order valence-electron chi connectivity index (χ0n) is 11.7. The predicted octanol–water partition coefficient (Wildman–Crippen LogP) is 4.95. The minimum atomic E-state index is -0.368. The lowest BCUT2D eigenvalue weighted by Gasteiger charge is -2.17. The summed E-state index contributed by atoms with van der Waals surface area (Å²) >= 11 is 12.2. The van der Waals surface area contributed by atoms with Crippen molar-refractivity contribution in [2.45, 2.75) is 13.0 Å². The van der Waals surface area contributed by atoms with Crippen LogP contribution >= 0.6 is 23.2 Å². The molecular weight excluding hydrogens is 309 g/mol. The molecule has 0 aliphatic rings. The van der Waals surface area contributed by atoms with Crippen molar-refractivity contribution >= 4 is 34.9 Å². The Morgan fingerprint density at radius 1 is 1.19 bits per heavy atom. The first-order valence-corrected chi connectivity index (χ1v) is 7.16. The third-order valence-corrected chi connectivity index (χ3v) is 3.67. The molecule has 2 aromatic carbocycles. The fourth-order valence-corrected chi connectivity index (χ4v) is 2.49. The van der Waals surface area contributed by atoms with Crippen LogP contribution in [0.25, 0.3) is 0 Å². The van der Waals surface area contributed by atoms with E-state index in [1.807, 2.05) is 19.1 Å². The molecule has 3 nitrogen and oxygen atoms in total. The van der Waals surface area contributed by atoms with E-state index in [1.54, 1.807) is 30.3 Å². The summed E-state index contributed by atoms with van der Waals surface area (Å²) in [6.45, 7) is 1.97. The Kier molecular flexibility index (Phi) is 5.10. The van der Waals surface area contributed by atoms with Crippen LogP contribution in [0.4, 0.5) is 5.69 Å². The molecule has 2 aromatic rings. The summed E-state index contributed by atoms with van der Waals surface area (Å²) < 4.78 is 4.71. The summed E-state index contributed by atoms with van der Waals surface area (Å²) in [7, 11) is 1.36. The SMILES string of the molecule is COC(=O)c1cccc(NC(C)c2cc(Cl)ccc2Cl)c1. The quantitative estimate of drug-likeness (QED) is 0.809. The first-order chi connectivity index (χ1) is 10.0. The Hall–Kier alpha value is -1.71. The Morgan fingerprint density at radius 2 is 1.95 bits per heavy atom. The fraction of sp³-hybridized carbons (Fsp3) is 0.188. The lowest BCUT2D eigenvalue weighted by molar-refractivity contribution is 0.0601. The monoisotopic (exact) mass is 323 g/mol. The topological polar surface area (TPSA) is 38.3 Å². The molecule has 0 aliphatic carbocycles. The molecular formula is C16H15Cl2NO2. The Balaban J connectivity index is 2.21. The highest BCUT2D eigenvalue weighted by Gasteiger charge is 2.12. The number of hydrogen-bond donors (Lipinski definition) is 1. The third-order valence-electron chi connectivity index (χ3n) is 3.09. The number of ether oxygens (including phenoxy) is 1. The van der Waals surface area contributed by atoms with E-state index in [-0.39, 0.29) is 12.0 Å². The smallest absolute Gasteiger partial charge is 0.337 e. The molecule has 0 radical (unpaired) electrons. The van der Waals surface area contributed by atoms with Gasteiger partial charge in [-0.2, -0.15) is 0 Å². The minimum absolute atomic E-state index is 0.0518. The number of methoxy groups -OCH3 is 1. The van der Waals surface area contributed by atoms with E-state index in [1.165, 1.54) is 7.11 Å². The highest BCUT2D eigenvalue weighted by atomic mass is 35.5. The van der Waals surface area contributed by atoms with Gasteiger partial charge in [-0.3, -0.25) is 0 Å². The molecule has 21 heavy (non-hydrogen) atoms. The minimum Gasteiger partial charge on any atom is -0.465 e. The Morgan fingerprint density at radius 3 is 2.67 bits per heavy atom. The second-order valence-corrected chi connectivity index (χ2v) is 5.45. The number of anilines is 1. The van der Waals surface area contributed by atoms with Crippen molar-refractivity contribution in [2.75, 3.05) is 12.4 Å². The van der Waals surface area contributed by atoms with Crippen LogP contribution in [0.5, 0.6) is 0 Å². The van der Waals surface area contributed by atoms with Gasteiger partial charge in [0.05, 0.1) is 18.7 Å². The molecule has 0 spiro atoms. The summed E-state index contributed by atoms with van der Waals surface area (Å²) in [6, 6.07) is 12.4. The number of hydrogen-bond acceptors (Lipinski definition) is 3. The van der Waals surface area contributed by atoms with Gasteiger partial charge < -0.3 is 10.1 Å². The molecule has 0 heterocycles. The van der Waals surface area contributed by atoms with Gasteiger partial charge in [-0.15, -0.1) is 0 Å². The second kappa shape index (κ2) is 6.83. The van der Waals surface area contributed by atoms with Crippen LogP contribution < -0.4 is 5.32 Å². The van der Waals surface area contributed by atoms with Gasteiger partial charge in [-0.25, -0.2) is 4.79 Å². The van der Waals surface area contributed by atoms with E-state index < -0.39 is 0 Å². The zero-order chi connectivity index (χ0) is 15.4. The molecule has 110 valence electrons. The van der Waals surface area contributed by atoms with Crippen molar-refractivity contribution in [1.29, 1.82) is 0 Å². The van der Waals surface area contributed by atoms with Gasteiger partial charge in [0.1, 0.15) is 0 Å². The van der Waals surface area contributed by atoms with E-state index in [0.29, 0.717) is 15.6 Å². The summed E-state index contributed by atoms with van der Waals surface area (Å²) in [5.41, 5.74) is 2.20. The fourth-order valence-electron chi connectivity index (χ4n) is 2.03. The molecule has 1 N–H and O–H groups in total. The average molecular weight is 324 g/mol. The van der Waals surface area contributed by atoms with E-state index in [0.717, 1.165) is 11.3 Å². The molecule has 1 unspecified atom stereocenters. The summed E-state index contributed by atoms with van der Waals surface area (Å²) in [6.07, 6.45) is 0. The summed E-state index contributed by atoms with van der Waals surface area (Å²) in [5, 5.41) is 4.57. The number of rotatable bonds is 4. The van der Waals surface area contributed by atoms with Gasteiger partial charge in [0.25, 0.3) is 0 Å². The lowest BCUT2D eigenvalue weighted by atomic mass is 10.1. The van der Waals surface area contributed by atoms with Crippen molar-refractivity contribution < 1.29 is 9.53 Å². The highest BCUT2D eigenvalue weighted by molar-refractivity contribution is 6.33. The normalized spacial score (nSPS) is 11.8. The van der Waals surface area contributed by atoms with Crippen molar-refractivity contribution in [2.24, 2.45) is 0 Å². The van der Waals surface area contributed by atoms with Crippen LogP contribution in [0, 0.1) is 0 Å². The van der Waals surface area contributed by atoms with Crippen LogP contribution in [-0.4, -0.2) is 13.1 Å². The van der Waals surface area contributed by atoms with Crippen LogP contribution in [0.3, 0.4) is 0 Å².